The highest BCUT2D eigenvalue weighted by atomic mass is 16.5. The number of hydrogen-bond donors (Lipinski definition) is 1. The Hall–Kier alpha value is -2.23. The minimum atomic E-state index is -0.895. The van der Waals surface area contributed by atoms with Crippen LogP contribution >= 0.6 is 0 Å². The second-order valence-corrected chi connectivity index (χ2v) is 5.09. The van der Waals surface area contributed by atoms with Gasteiger partial charge in [0.25, 0.3) is 0 Å². The van der Waals surface area contributed by atoms with Crippen LogP contribution in [0.3, 0.4) is 0 Å². The molecule has 0 fully saturated rings. The smallest absolute Gasteiger partial charge is 0.407 e. The van der Waals surface area contributed by atoms with Gasteiger partial charge in [-0.1, -0.05) is 43.3 Å². The quantitative estimate of drug-likeness (QED) is 0.863. The Bertz CT molecular complexity index is 653. The van der Waals surface area contributed by atoms with Gasteiger partial charge >= 0.3 is 6.09 Å². The summed E-state index contributed by atoms with van der Waals surface area (Å²) in [5, 5.41) is 11.5. The summed E-state index contributed by atoms with van der Waals surface area (Å²) in [6, 6.07) is 12.0. The van der Waals surface area contributed by atoms with E-state index in [0.717, 1.165) is 28.5 Å². The molecule has 4 nitrogen and oxygen atoms in total. The lowest BCUT2D eigenvalue weighted by Gasteiger charge is -2.20. The van der Waals surface area contributed by atoms with E-state index in [-0.39, 0.29) is 6.10 Å². The molecule has 1 amide bonds. The molecule has 2 aromatic rings. The zero-order valence-corrected chi connectivity index (χ0v) is 11.4. The van der Waals surface area contributed by atoms with Crippen LogP contribution in [0, 0.1) is 0 Å². The molecule has 2 aromatic carbocycles. The van der Waals surface area contributed by atoms with E-state index >= 15 is 0 Å². The number of fused-ring (bicyclic) bond motifs is 3. The Balaban J connectivity index is 2.13. The molecule has 0 aliphatic carbocycles. The van der Waals surface area contributed by atoms with Crippen molar-refractivity contribution in [2.45, 2.75) is 26.0 Å². The van der Waals surface area contributed by atoms with Crippen molar-refractivity contribution in [1.29, 1.82) is 0 Å². The van der Waals surface area contributed by atoms with Crippen molar-refractivity contribution in [3.05, 3.63) is 42.0 Å². The zero-order chi connectivity index (χ0) is 14.1. The molecule has 0 unspecified atom stereocenters. The average molecular weight is 271 g/mol. The molecule has 1 atom stereocenters. The van der Waals surface area contributed by atoms with Crippen molar-refractivity contribution >= 4 is 16.9 Å². The summed E-state index contributed by atoms with van der Waals surface area (Å²) in [4.78, 5) is 12.7. The van der Waals surface area contributed by atoms with E-state index in [2.05, 4.69) is 0 Å². The van der Waals surface area contributed by atoms with E-state index in [1.165, 1.54) is 4.90 Å². The number of amides is 1. The van der Waals surface area contributed by atoms with E-state index in [1.807, 2.05) is 43.3 Å². The van der Waals surface area contributed by atoms with Crippen molar-refractivity contribution in [3.8, 4) is 5.75 Å². The van der Waals surface area contributed by atoms with E-state index < -0.39 is 6.09 Å². The van der Waals surface area contributed by atoms with Crippen LogP contribution in [0.1, 0.15) is 18.9 Å². The Labute approximate surface area is 117 Å². The fourth-order valence-corrected chi connectivity index (χ4v) is 2.63. The molecule has 1 aliphatic rings. The molecule has 0 saturated carbocycles. The number of benzene rings is 2. The molecule has 104 valence electrons. The van der Waals surface area contributed by atoms with Crippen LogP contribution < -0.4 is 4.74 Å². The molecule has 1 heterocycles. The minimum Gasteiger partial charge on any atom is -0.488 e. The second kappa shape index (κ2) is 5.04. The van der Waals surface area contributed by atoms with E-state index in [9.17, 15) is 9.90 Å². The molecule has 1 aliphatic heterocycles. The van der Waals surface area contributed by atoms with Crippen molar-refractivity contribution in [1.82, 2.24) is 4.90 Å². The van der Waals surface area contributed by atoms with Gasteiger partial charge in [-0.15, -0.1) is 0 Å². The Morgan fingerprint density at radius 3 is 2.90 bits per heavy atom. The number of nitrogens with zero attached hydrogens (tertiary/aromatic N) is 1. The first-order valence-corrected chi connectivity index (χ1v) is 6.84. The predicted octanol–water partition coefficient (Wildman–Crippen LogP) is 3.49. The molecule has 4 heteroatoms. The normalized spacial score (nSPS) is 18.2. The summed E-state index contributed by atoms with van der Waals surface area (Å²) in [5.41, 5.74) is 0.932. The molecule has 0 aromatic heterocycles. The number of hydrogen-bond acceptors (Lipinski definition) is 2. The van der Waals surface area contributed by atoms with E-state index in [0.29, 0.717) is 13.1 Å². The molecule has 0 spiro atoms. The van der Waals surface area contributed by atoms with Gasteiger partial charge in [0, 0.05) is 10.9 Å². The lowest BCUT2D eigenvalue weighted by atomic mass is 10.1. The fourth-order valence-electron chi connectivity index (χ4n) is 2.63. The van der Waals surface area contributed by atoms with E-state index in [1.54, 1.807) is 0 Å². The second-order valence-electron chi connectivity index (χ2n) is 5.09. The summed E-state index contributed by atoms with van der Waals surface area (Å²) >= 11 is 0. The van der Waals surface area contributed by atoms with Gasteiger partial charge in [-0.3, -0.25) is 0 Å². The van der Waals surface area contributed by atoms with Gasteiger partial charge in [0.1, 0.15) is 11.9 Å². The summed E-state index contributed by atoms with van der Waals surface area (Å²) in [5.74, 6) is 0.832. The molecule has 0 saturated heterocycles. The standard InChI is InChI=1S/C16H17NO3/c1-2-13-10-17(16(18)19)9-12-8-7-11-5-3-4-6-14(11)15(12)20-13/h3-8,13H,2,9-10H2,1H3,(H,18,19)/t13-/m1/s1. The van der Waals surface area contributed by atoms with Crippen LogP contribution in [0.25, 0.3) is 10.8 Å². The monoisotopic (exact) mass is 271 g/mol. The Morgan fingerprint density at radius 1 is 1.35 bits per heavy atom. The predicted molar refractivity (Wildman–Crippen MR) is 77.1 cm³/mol. The maximum Gasteiger partial charge on any atom is 0.407 e. The molecule has 0 radical (unpaired) electrons. The summed E-state index contributed by atoms with van der Waals surface area (Å²) < 4.78 is 6.09. The van der Waals surface area contributed by atoms with Gasteiger partial charge in [-0.2, -0.15) is 0 Å². The summed E-state index contributed by atoms with van der Waals surface area (Å²) in [6.07, 6.45) is -0.210. The molecule has 3 rings (SSSR count). The molecule has 20 heavy (non-hydrogen) atoms. The van der Waals surface area contributed by atoms with Crippen molar-refractivity contribution < 1.29 is 14.6 Å². The van der Waals surface area contributed by atoms with Crippen LogP contribution in [0.5, 0.6) is 5.75 Å². The highest BCUT2D eigenvalue weighted by molar-refractivity contribution is 5.89. The van der Waals surface area contributed by atoms with Crippen LogP contribution in [-0.2, 0) is 6.54 Å². The average Bonchev–Trinajstić information content (AvgIpc) is 2.66. The van der Waals surface area contributed by atoms with Gasteiger partial charge in [-0.25, -0.2) is 4.79 Å². The Kier molecular flexibility index (Phi) is 3.22. The highest BCUT2D eigenvalue weighted by Crippen LogP contribution is 2.34. The van der Waals surface area contributed by atoms with E-state index in [4.69, 9.17) is 4.74 Å². The highest BCUT2D eigenvalue weighted by Gasteiger charge is 2.25. The van der Waals surface area contributed by atoms with Crippen molar-refractivity contribution in [3.63, 3.8) is 0 Å². The Morgan fingerprint density at radius 2 is 2.15 bits per heavy atom. The van der Waals surface area contributed by atoms with Crippen LogP contribution in [-0.4, -0.2) is 28.7 Å². The van der Waals surface area contributed by atoms with Gasteiger partial charge < -0.3 is 14.7 Å². The third-order valence-corrected chi connectivity index (χ3v) is 3.76. The maximum absolute atomic E-state index is 11.3. The van der Waals surface area contributed by atoms with Gasteiger partial charge in [0.05, 0.1) is 13.1 Å². The SMILES string of the molecule is CC[C@@H]1CN(C(=O)O)Cc2ccc3ccccc3c2O1. The minimum absolute atomic E-state index is 0.0989. The molecule has 1 N–H and O–H groups in total. The van der Waals surface area contributed by atoms with Crippen molar-refractivity contribution in [2.24, 2.45) is 0 Å². The first-order chi connectivity index (χ1) is 9.69. The number of ether oxygens (including phenoxy) is 1. The number of carbonyl (C=O) groups is 1. The lowest BCUT2D eigenvalue weighted by Crippen LogP contribution is -2.35. The first-order valence-electron chi connectivity index (χ1n) is 6.84. The zero-order valence-electron chi connectivity index (χ0n) is 11.4. The maximum atomic E-state index is 11.3. The van der Waals surface area contributed by atoms with Crippen molar-refractivity contribution in [2.75, 3.05) is 6.54 Å². The lowest BCUT2D eigenvalue weighted by molar-refractivity contribution is 0.115. The van der Waals surface area contributed by atoms with Gasteiger partial charge in [0.2, 0.25) is 0 Å². The number of carboxylic acid groups (broad SMARTS) is 1. The molecular weight excluding hydrogens is 254 g/mol. The topological polar surface area (TPSA) is 49.8 Å². The van der Waals surface area contributed by atoms with Gasteiger partial charge in [0.15, 0.2) is 0 Å². The third-order valence-electron chi connectivity index (χ3n) is 3.76. The first kappa shape index (κ1) is 12.8. The third kappa shape index (κ3) is 2.18. The van der Waals surface area contributed by atoms with Gasteiger partial charge in [-0.05, 0) is 11.8 Å². The summed E-state index contributed by atoms with van der Waals surface area (Å²) in [6.45, 7) is 2.81. The summed E-state index contributed by atoms with van der Waals surface area (Å²) in [7, 11) is 0. The van der Waals surface area contributed by atoms with Crippen LogP contribution in [0.15, 0.2) is 36.4 Å². The fraction of sp³-hybridized carbons (Fsp3) is 0.312. The molecule has 0 bridgehead atoms. The van der Waals surface area contributed by atoms with Crippen LogP contribution in [0.2, 0.25) is 0 Å². The number of rotatable bonds is 1. The van der Waals surface area contributed by atoms with Crippen LogP contribution in [0.4, 0.5) is 4.79 Å². The largest absolute Gasteiger partial charge is 0.488 e. The molecular formula is C16H17NO3.